The molecule has 0 saturated heterocycles. The van der Waals surface area contributed by atoms with E-state index >= 15 is 0 Å². The van der Waals surface area contributed by atoms with E-state index in [9.17, 15) is 4.79 Å². The number of carbonyl (C=O) groups excluding carboxylic acids is 1. The molecule has 1 aromatic heterocycles. The lowest BCUT2D eigenvalue weighted by Gasteiger charge is -2.02. The molecule has 0 aliphatic rings. The molecule has 0 amide bonds. The second-order valence-corrected chi connectivity index (χ2v) is 4.34. The summed E-state index contributed by atoms with van der Waals surface area (Å²) < 4.78 is 2.69. The van der Waals surface area contributed by atoms with E-state index in [0.717, 1.165) is 15.7 Å². The van der Waals surface area contributed by atoms with E-state index in [1.807, 2.05) is 37.4 Å². The zero-order valence-corrected chi connectivity index (χ0v) is 10.4. The van der Waals surface area contributed by atoms with Crippen LogP contribution in [0.15, 0.2) is 41.1 Å². The van der Waals surface area contributed by atoms with Gasteiger partial charge in [0.05, 0.1) is 16.4 Å². The summed E-state index contributed by atoms with van der Waals surface area (Å²) in [6.45, 7) is 1.86. The van der Waals surface area contributed by atoms with Gasteiger partial charge in [0.2, 0.25) is 0 Å². The van der Waals surface area contributed by atoms with Gasteiger partial charge in [0, 0.05) is 18.2 Å². The molecule has 2 aromatic rings. The van der Waals surface area contributed by atoms with Gasteiger partial charge in [-0.25, -0.2) is 4.68 Å². The van der Waals surface area contributed by atoms with Crippen LogP contribution >= 0.6 is 15.9 Å². The summed E-state index contributed by atoms with van der Waals surface area (Å²) in [5.41, 5.74) is 1.69. The molecule has 82 valence electrons. The summed E-state index contributed by atoms with van der Waals surface area (Å²) in [5.74, 6) is 0.160. The number of aromatic nitrogens is 2. The molecule has 2 rings (SSSR count). The largest absolute Gasteiger partial charge is 0.294 e. The van der Waals surface area contributed by atoms with Crippen LogP contribution in [0.4, 0.5) is 0 Å². The summed E-state index contributed by atoms with van der Waals surface area (Å²) in [6, 6.07) is 7.44. The number of hydrogen-bond donors (Lipinski definition) is 0. The zero-order chi connectivity index (χ0) is 11.5. The third kappa shape index (κ3) is 2.22. The summed E-state index contributed by atoms with van der Waals surface area (Å²) in [5, 5.41) is 4.17. The molecule has 16 heavy (non-hydrogen) atoms. The van der Waals surface area contributed by atoms with E-state index in [2.05, 4.69) is 21.0 Å². The van der Waals surface area contributed by atoms with Crippen LogP contribution < -0.4 is 0 Å². The van der Waals surface area contributed by atoms with Gasteiger partial charge in [0.15, 0.2) is 5.78 Å². The van der Waals surface area contributed by atoms with E-state index in [1.165, 1.54) is 0 Å². The lowest BCUT2D eigenvalue weighted by molar-refractivity contribution is 0.0988. The Morgan fingerprint density at radius 3 is 2.56 bits per heavy atom. The number of nitrogens with zero attached hydrogens (tertiary/aromatic N) is 2. The minimum absolute atomic E-state index is 0.160. The molecule has 0 spiro atoms. The van der Waals surface area contributed by atoms with Gasteiger partial charge in [-0.1, -0.05) is 6.92 Å². The molecule has 0 saturated carbocycles. The predicted octanol–water partition coefficient (Wildman–Crippen LogP) is 3.23. The number of Topliss-reactive ketones (excluding diaryl/α,β-unsaturated/α-hetero) is 1. The van der Waals surface area contributed by atoms with Crippen LogP contribution in [0, 0.1) is 0 Å². The lowest BCUT2D eigenvalue weighted by Crippen LogP contribution is -1.98. The molecule has 0 fully saturated rings. The molecule has 3 nitrogen and oxygen atoms in total. The summed E-state index contributed by atoms with van der Waals surface area (Å²) >= 11 is 3.34. The molecule has 0 bridgehead atoms. The predicted molar refractivity (Wildman–Crippen MR) is 65.9 cm³/mol. The second kappa shape index (κ2) is 4.61. The van der Waals surface area contributed by atoms with E-state index in [1.54, 1.807) is 10.9 Å². The Balaban J connectivity index is 2.29. The van der Waals surface area contributed by atoms with Crippen molar-refractivity contribution in [3.05, 3.63) is 46.7 Å². The fourth-order valence-corrected chi connectivity index (χ4v) is 1.73. The van der Waals surface area contributed by atoms with Gasteiger partial charge in [-0.15, -0.1) is 0 Å². The number of benzene rings is 1. The Morgan fingerprint density at radius 1 is 1.38 bits per heavy atom. The van der Waals surface area contributed by atoms with Gasteiger partial charge in [-0.3, -0.25) is 4.79 Å². The Morgan fingerprint density at radius 2 is 2.06 bits per heavy atom. The van der Waals surface area contributed by atoms with Crippen LogP contribution in [0.25, 0.3) is 5.69 Å². The van der Waals surface area contributed by atoms with E-state index in [4.69, 9.17) is 0 Å². The molecule has 0 radical (unpaired) electrons. The molecule has 0 unspecified atom stereocenters. The number of carbonyl (C=O) groups is 1. The van der Waals surface area contributed by atoms with Crippen molar-refractivity contribution >= 4 is 21.7 Å². The average Bonchev–Trinajstić information content (AvgIpc) is 2.75. The van der Waals surface area contributed by atoms with Gasteiger partial charge in [0.25, 0.3) is 0 Å². The maximum Gasteiger partial charge on any atom is 0.162 e. The van der Waals surface area contributed by atoms with Gasteiger partial charge >= 0.3 is 0 Å². The highest BCUT2D eigenvalue weighted by molar-refractivity contribution is 9.10. The van der Waals surface area contributed by atoms with E-state index in [0.29, 0.717) is 6.42 Å². The summed E-state index contributed by atoms with van der Waals surface area (Å²) in [6.07, 6.45) is 4.13. The molecule has 0 N–H and O–H groups in total. The van der Waals surface area contributed by atoms with E-state index < -0.39 is 0 Å². The van der Waals surface area contributed by atoms with Crippen LogP contribution in [-0.4, -0.2) is 15.6 Å². The molecule has 1 aromatic carbocycles. The van der Waals surface area contributed by atoms with Crippen molar-refractivity contribution in [3.8, 4) is 5.69 Å². The van der Waals surface area contributed by atoms with Crippen molar-refractivity contribution in [1.29, 1.82) is 0 Å². The van der Waals surface area contributed by atoms with Crippen LogP contribution in [0.2, 0.25) is 0 Å². The molecule has 4 heteroatoms. The monoisotopic (exact) mass is 278 g/mol. The summed E-state index contributed by atoms with van der Waals surface area (Å²) in [7, 11) is 0. The highest BCUT2D eigenvalue weighted by Crippen LogP contribution is 2.13. The standard InChI is InChI=1S/C12H11BrN2O/c1-2-12(16)9-3-5-11(6-4-9)15-8-10(13)7-14-15/h3-8H,2H2,1H3. The minimum Gasteiger partial charge on any atom is -0.294 e. The van der Waals surface area contributed by atoms with Gasteiger partial charge < -0.3 is 0 Å². The highest BCUT2D eigenvalue weighted by Gasteiger charge is 2.03. The Hall–Kier alpha value is -1.42. The van der Waals surface area contributed by atoms with Crippen molar-refractivity contribution in [1.82, 2.24) is 9.78 Å². The van der Waals surface area contributed by atoms with Crippen LogP contribution in [0.1, 0.15) is 23.7 Å². The average molecular weight is 279 g/mol. The van der Waals surface area contributed by atoms with Gasteiger partial charge in [-0.2, -0.15) is 5.10 Å². The quantitative estimate of drug-likeness (QED) is 0.808. The summed E-state index contributed by atoms with van der Waals surface area (Å²) in [4.78, 5) is 11.4. The molecule has 1 heterocycles. The third-order valence-electron chi connectivity index (χ3n) is 2.33. The Kier molecular flexibility index (Phi) is 3.19. The maximum absolute atomic E-state index is 11.4. The first-order chi connectivity index (χ1) is 7.70. The fourth-order valence-electron chi connectivity index (χ4n) is 1.45. The fraction of sp³-hybridized carbons (Fsp3) is 0.167. The molecule has 0 atom stereocenters. The highest BCUT2D eigenvalue weighted by atomic mass is 79.9. The van der Waals surface area contributed by atoms with Crippen LogP contribution in [0.3, 0.4) is 0 Å². The third-order valence-corrected chi connectivity index (χ3v) is 2.74. The smallest absolute Gasteiger partial charge is 0.162 e. The van der Waals surface area contributed by atoms with Gasteiger partial charge in [-0.05, 0) is 40.2 Å². The zero-order valence-electron chi connectivity index (χ0n) is 8.85. The first kappa shape index (κ1) is 11.1. The first-order valence-electron chi connectivity index (χ1n) is 5.04. The van der Waals surface area contributed by atoms with Crippen molar-refractivity contribution in [2.24, 2.45) is 0 Å². The topological polar surface area (TPSA) is 34.9 Å². The number of ketones is 1. The van der Waals surface area contributed by atoms with Gasteiger partial charge in [0.1, 0.15) is 0 Å². The SMILES string of the molecule is CCC(=O)c1ccc(-n2cc(Br)cn2)cc1. The molecular formula is C12H11BrN2O. The van der Waals surface area contributed by atoms with Crippen molar-refractivity contribution < 1.29 is 4.79 Å². The van der Waals surface area contributed by atoms with Crippen LogP contribution in [0.5, 0.6) is 0 Å². The van der Waals surface area contributed by atoms with Crippen molar-refractivity contribution in [3.63, 3.8) is 0 Å². The second-order valence-electron chi connectivity index (χ2n) is 3.43. The van der Waals surface area contributed by atoms with Crippen molar-refractivity contribution in [2.45, 2.75) is 13.3 Å². The van der Waals surface area contributed by atoms with E-state index in [-0.39, 0.29) is 5.78 Å². The Bertz CT molecular complexity index is 502. The van der Waals surface area contributed by atoms with Crippen molar-refractivity contribution in [2.75, 3.05) is 0 Å². The number of rotatable bonds is 3. The molecule has 0 aliphatic carbocycles. The number of hydrogen-bond acceptors (Lipinski definition) is 2. The Labute approximate surface area is 102 Å². The number of halogens is 1. The molecule has 0 aliphatic heterocycles. The maximum atomic E-state index is 11.4. The normalized spacial score (nSPS) is 10.4. The molecular weight excluding hydrogens is 268 g/mol. The lowest BCUT2D eigenvalue weighted by atomic mass is 10.1. The first-order valence-corrected chi connectivity index (χ1v) is 5.84. The van der Waals surface area contributed by atoms with Crippen LogP contribution in [-0.2, 0) is 0 Å². The minimum atomic E-state index is 0.160.